The molecule has 0 bridgehead atoms. The quantitative estimate of drug-likeness (QED) is 0.384. The third-order valence-electron chi connectivity index (χ3n) is 1.24. The summed E-state index contributed by atoms with van der Waals surface area (Å²) in [6.45, 7) is 0. The molecule has 1 aromatic rings. The molecule has 1 heterocycles. The maximum atomic E-state index is 10.8. The van der Waals surface area contributed by atoms with Gasteiger partial charge in [-0.3, -0.25) is 14.9 Å². The number of nitro groups is 1. The molecular formula is C5H6N4O3. The number of anilines is 2. The topological polar surface area (TPSA) is 128 Å². The van der Waals surface area contributed by atoms with Crippen LogP contribution in [0.1, 0.15) is 0 Å². The lowest BCUT2D eigenvalue weighted by molar-refractivity contribution is -0.385. The Balaban J connectivity index is 3.49. The van der Waals surface area contributed by atoms with Gasteiger partial charge in [0.15, 0.2) is 0 Å². The normalized spacial score (nSPS) is 9.67. The van der Waals surface area contributed by atoms with Gasteiger partial charge in [0.1, 0.15) is 11.5 Å². The summed E-state index contributed by atoms with van der Waals surface area (Å²) in [5.41, 5.74) is 8.55. The number of hydrogen-bond acceptors (Lipinski definition) is 5. The van der Waals surface area contributed by atoms with E-state index in [9.17, 15) is 14.9 Å². The molecule has 0 spiro atoms. The van der Waals surface area contributed by atoms with Crippen LogP contribution in [0.2, 0.25) is 0 Å². The molecule has 64 valence electrons. The summed E-state index contributed by atoms with van der Waals surface area (Å²) in [5, 5.41) is 10.2. The standard InChI is InChI=1S/C5H6N4O3/c6-2-1-3(7)8-5(10)4(2)9(11)12/h1H,(H5,6,7,8,10). The van der Waals surface area contributed by atoms with Gasteiger partial charge >= 0.3 is 11.2 Å². The van der Waals surface area contributed by atoms with Crippen LogP contribution in [-0.2, 0) is 0 Å². The minimum atomic E-state index is -0.891. The molecule has 5 N–H and O–H groups in total. The fourth-order valence-electron chi connectivity index (χ4n) is 0.782. The molecule has 7 heteroatoms. The van der Waals surface area contributed by atoms with Gasteiger partial charge in [-0.2, -0.15) is 0 Å². The summed E-state index contributed by atoms with van der Waals surface area (Å²) in [7, 11) is 0. The van der Waals surface area contributed by atoms with E-state index in [1.165, 1.54) is 0 Å². The van der Waals surface area contributed by atoms with Gasteiger partial charge in [0.25, 0.3) is 0 Å². The first-order chi connectivity index (χ1) is 5.52. The molecule has 0 saturated heterocycles. The van der Waals surface area contributed by atoms with Crippen molar-refractivity contribution in [3.05, 3.63) is 26.5 Å². The number of nitrogens with one attached hydrogen (secondary N) is 1. The second kappa shape index (κ2) is 2.53. The van der Waals surface area contributed by atoms with E-state index in [-0.39, 0.29) is 11.5 Å². The molecule has 0 saturated carbocycles. The number of hydrogen-bond donors (Lipinski definition) is 3. The first-order valence-electron chi connectivity index (χ1n) is 2.95. The Morgan fingerprint density at radius 3 is 2.50 bits per heavy atom. The molecule has 0 fully saturated rings. The van der Waals surface area contributed by atoms with Crippen molar-refractivity contribution in [3.63, 3.8) is 0 Å². The number of nitrogens with two attached hydrogens (primary N) is 2. The van der Waals surface area contributed by atoms with Gasteiger partial charge < -0.3 is 16.5 Å². The number of aromatic nitrogens is 1. The third-order valence-corrected chi connectivity index (χ3v) is 1.24. The Morgan fingerprint density at radius 2 is 2.08 bits per heavy atom. The monoisotopic (exact) mass is 170 g/mol. The highest BCUT2D eigenvalue weighted by Gasteiger charge is 2.16. The van der Waals surface area contributed by atoms with Gasteiger partial charge in [-0.1, -0.05) is 0 Å². The van der Waals surface area contributed by atoms with E-state index in [0.29, 0.717) is 0 Å². The zero-order valence-corrected chi connectivity index (χ0v) is 5.90. The summed E-state index contributed by atoms with van der Waals surface area (Å²) in [6, 6.07) is 1.12. The Hall–Kier alpha value is -2.05. The molecule has 1 aromatic heterocycles. The second-order valence-electron chi connectivity index (χ2n) is 2.11. The third kappa shape index (κ3) is 1.19. The van der Waals surface area contributed by atoms with Crippen molar-refractivity contribution in [1.29, 1.82) is 0 Å². The van der Waals surface area contributed by atoms with Gasteiger partial charge in [0, 0.05) is 6.07 Å². The lowest BCUT2D eigenvalue weighted by atomic mass is 10.3. The van der Waals surface area contributed by atoms with Crippen LogP contribution in [0, 0.1) is 10.1 Å². The van der Waals surface area contributed by atoms with Crippen LogP contribution in [0.4, 0.5) is 17.2 Å². The summed E-state index contributed by atoms with van der Waals surface area (Å²) in [5.74, 6) is 0.00287. The number of aromatic amines is 1. The minimum absolute atomic E-state index is 0.00287. The molecule has 0 atom stereocenters. The van der Waals surface area contributed by atoms with Crippen LogP contribution >= 0.6 is 0 Å². The minimum Gasteiger partial charge on any atom is -0.393 e. The molecule has 7 nitrogen and oxygen atoms in total. The van der Waals surface area contributed by atoms with Gasteiger partial charge in [0.2, 0.25) is 0 Å². The van der Waals surface area contributed by atoms with Crippen LogP contribution in [0.3, 0.4) is 0 Å². The van der Waals surface area contributed by atoms with Crippen molar-refractivity contribution < 1.29 is 4.92 Å². The van der Waals surface area contributed by atoms with E-state index in [0.717, 1.165) is 6.07 Å². The molecule has 0 amide bonds. The van der Waals surface area contributed by atoms with Gasteiger partial charge in [-0.25, -0.2) is 0 Å². The second-order valence-corrected chi connectivity index (χ2v) is 2.11. The van der Waals surface area contributed by atoms with Crippen LogP contribution in [0.5, 0.6) is 0 Å². The van der Waals surface area contributed by atoms with Gasteiger partial charge in [0.05, 0.1) is 4.92 Å². The van der Waals surface area contributed by atoms with Crippen LogP contribution in [0.15, 0.2) is 10.9 Å². The highest BCUT2D eigenvalue weighted by atomic mass is 16.6. The van der Waals surface area contributed by atoms with E-state index >= 15 is 0 Å². The lowest BCUT2D eigenvalue weighted by Gasteiger charge is -1.96. The fourth-order valence-corrected chi connectivity index (χ4v) is 0.782. The zero-order chi connectivity index (χ0) is 9.30. The van der Waals surface area contributed by atoms with Crippen LogP contribution in [-0.4, -0.2) is 9.91 Å². The molecule has 1 rings (SSSR count). The molecule has 0 aliphatic heterocycles. The van der Waals surface area contributed by atoms with E-state index in [2.05, 4.69) is 4.98 Å². The largest absolute Gasteiger partial charge is 0.393 e. The molecule has 12 heavy (non-hydrogen) atoms. The van der Waals surface area contributed by atoms with Crippen LogP contribution in [0.25, 0.3) is 0 Å². The molecule has 0 unspecified atom stereocenters. The summed E-state index contributed by atoms with van der Waals surface area (Å²) >= 11 is 0. The van der Waals surface area contributed by atoms with Crippen molar-refractivity contribution in [2.75, 3.05) is 11.5 Å². The van der Waals surface area contributed by atoms with E-state index in [1.54, 1.807) is 0 Å². The predicted octanol–water partition coefficient (Wildman–Crippen LogP) is -0.553. The number of pyridine rings is 1. The molecule has 0 aliphatic carbocycles. The summed E-state index contributed by atoms with van der Waals surface area (Å²) < 4.78 is 0. The molecule has 0 aromatic carbocycles. The van der Waals surface area contributed by atoms with Crippen LogP contribution < -0.4 is 17.0 Å². The zero-order valence-electron chi connectivity index (χ0n) is 5.90. The van der Waals surface area contributed by atoms with E-state index < -0.39 is 16.2 Å². The van der Waals surface area contributed by atoms with Crippen molar-refractivity contribution in [2.24, 2.45) is 0 Å². The summed E-state index contributed by atoms with van der Waals surface area (Å²) in [6.07, 6.45) is 0. The van der Waals surface area contributed by atoms with Crippen molar-refractivity contribution >= 4 is 17.2 Å². The Kier molecular flexibility index (Phi) is 1.70. The van der Waals surface area contributed by atoms with Crippen molar-refractivity contribution in [2.45, 2.75) is 0 Å². The smallest absolute Gasteiger partial charge is 0.356 e. The van der Waals surface area contributed by atoms with Gasteiger partial charge in [-0.05, 0) is 0 Å². The fraction of sp³-hybridized carbons (Fsp3) is 0. The predicted molar refractivity (Wildman–Crippen MR) is 42.5 cm³/mol. The number of H-pyrrole nitrogens is 1. The number of rotatable bonds is 1. The van der Waals surface area contributed by atoms with Crippen molar-refractivity contribution in [1.82, 2.24) is 4.98 Å². The van der Waals surface area contributed by atoms with E-state index in [1.807, 2.05) is 0 Å². The molecular weight excluding hydrogens is 164 g/mol. The highest BCUT2D eigenvalue weighted by molar-refractivity contribution is 5.60. The lowest BCUT2D eigenvalue weighted by Crippen LogP contribution is -2.15. The SMILES string of the molecule is Nc1cc(N)c([N+](=O)[O-])c(=O)[nH]1. The number of nitrogens with zero attached hydrogens (tertiary/aromatic N) is 1. The first kappa shape index (κ1) is 8.05. The molecule has 0 radical (unpaired) electrons. The summed E-state index contributed by atoms with van der Waals surface area (Å²) in [4.78, 5) is 22.3. The Bertz CT molecular complexity index is 383. The highest BCUT2D eigenvalue weighted by Crippen LogP contribution is 2.15. The van der Waals surface area contributed by atoms with Crippen molar-refractivity contribution in [3.8, 4) is 0 Å². The first-order valence-corrected chi connectivity index (χ1v) is 2.95. The maximum Gasteiger partial charge on any atom is 0.356 e. The number of nitrogen functional groups attached to an aromatic ring is 2. The van der Waals surface area contributed by atoms with E-state index in [4.69, 9.17) is 11.5 Å². The molecule has 0 aliphatic rings. The Labute approximate surface area is 66.1 Å². The Morgan fingerprint density at radius 1 is 1.50 bits per heavy atom. The average molecular weight is 170 g/mol. The maximum absolute atomic E-state index is 10.8. The van der Waals surface area contributed by atoms with Gasteiger partial charge in [-0.15, -0.1) is 0 Å². The average Bonchev–Trinajstić information content (AvgIpc) is 1.82.